The second kappa shape index (κ2) is 8.49. The van der Waals surface area contributed by atoms with Crippen molar-refractivity contribution < 1.29 is 23.9 Å². The Balaban J connectivity index is 1.55. The van der Waals surface area contributed by atoms with Crippen LogP contribution in [0.3, 0.4) is 0 Å². The Morgan fingerprint density at radius 1 is 1.23 bits per heavy atom. The second-order valence-corrected chi connectivity index (χ2v) is 7.45. The van der Waals surface area contributed by atoms with Crippen molar-refractivity contribution in [2.24, 2.45) is 5.92 Å². The van der Waals surface area contributed by atoms with E-state index in [9.17, 15) is 14.4 Å². The number of carbonyl (C=O) groups excluding carboxylic acids is 3. The van der Waals surface area contributed by atoms with Crippen molar-refractivity contribution in [3.05, 3.63) is 28.7 Å². The van der Waals surface area contributed by atoms with Crippen LogP contribution in [-0.2, 0) is 19.1 Å². The quantitative estimate of drug-likeness (QED) is 0.552. The van der Waals surface area contributed by atoms with Crippen molar-refractivity contribution in [2.75, 3.05) is 18.5 Å². The van der Waals surface area contributed by atoms with E-state index in [1.54, 1.807) is 6.92 Å². The van der Waals surface area contributed by atoms with E-state index in [-0.39, 0.29) is 25.1 Å². The molecule has 6 nitrogen and oxygen atoms in total. The normalized spacial score (nSPS) is 18.6. The van der Waals surface area contributed by atoms with Crippen LogP contribution in [0.2, 0.25) is 0 Å². The molecule has 2 aliphatic rings. The molecule has 0 unspecified atom stereocenters. The van der Waals surface area contributed by atoms with Crippen LogP contribution in [0.1, 0.15) is 60.9 Å². The first-order valence-corrected chi connectivity index (χ1v) is 9.87. The average molecular weight is 377 g/mol. The zero-order chi connectivity index (χ0) is 18.5. The minimum Gasteiger partial charge on any atom is -0.462 e. The number of amides is 1. The van der Waals surface area contributed by atoms with Crippen LogP contribution in [0.5, 0.6) is 0 Å². The summed E-state index contributed by atoms with van der Waals surface area (Å²) < 4.78 is 10.2. The largest absolute Gasteiger partial charge is 0.462 e. The van der Waals surface area contributed by atoms with Gasteiger partial charge in [-0.1, -0.05) is 12.2 Å². The maximum absolute atomic E-state index is 12.3. The lowest BCUT2D eigenvalue weighted by Crippen LogP contribution is -2.22. The zero-order valence-corrected chi connectivity index (χ0v) is 15.6. The molecule has 0 saturated heterocycles. The number of hydrogen-bond acceptors (Lipinski definition) is 6. The molecule has 1 atom stereocenters. The van der Waals surface area contributed by atoms with Crippen LogP contribution in [0.4, 0.5) is 5.00 Å². The maximum atomic E-state index is 12.3. The smallest absolute Gasteiger partial charge is 0.341 e. The molecule has 1 saturated carbocycles. The first-order chi connectivity index (χ1) is 12.6. The highest BCUT2D eigenvalue weighted by atomic mass is 32.1. The Labute approximate surface area is 156 Å². The molecule has 0 aromatic carbocycles. The number of allylic oxidation sites excluding steroid dienone is 2. The lowest BCUT2D eigenvalue weighted by molar-refractivity contribution is -0.147. The molecule has 0 bridgehead atoms. The van der Waals surface area contributed by atoms with Crippen LogP contribution in [-0.4, -0.2) is 31.1 Å². The summed E-state index contributed by atoms with van der Waals surface area (Å²) in [7, 11) is 0. The highest BCUT2D eigenvalue weighted by molar-refractivity contribution is 7.15. The van der Waals surface area contributed by atoms with Crippen molar-refractivity contribution in [2.45, 2.75) is 44.9 Å². The zero-order valence-electron chi connectivity index (χ0n) is 14.8. The molecule has 1 heterocycles. The molecule has 1 fully saturated rings. The minimum atomic E-state index is -0.449. The van der Waals surface area contributed by atoms with Gasteiger partial charge in [-0.3, -0.25) is 9.59 Å². The van der Waals surface area contributed by atoms with E-state index in [0.717, 1.165) is 31.2 Å². The third-order valence-corrected chi connectivity index (χ3v) is 5.39. The van der Waals surface area contributed by atoms with E-state index in [1.807, 2.05) is 11.5 Å². The van der Waals surface area contributed by atoms with E-state index in [2.05, 4.69) is 11.4 Å². The molecule has 3 rings (SSSR count). The molecule has 0 aliphatic heterocycles. The van der Waals surface area contributed by atoms with Gasteiger partial charge in [-0.25, -0.2) is 4.79 Å². The maximum Gasteiger partial charge on any atom is 0.341 e. The lowest BCUT2D eigenvalue weighted by Gasteiger charge is -2.10. The van der Waals surface area contributed by atoms with Gasteiger partial charge in [-0.15, -0.1) is 11.3 Å². The summed E-state index contributed by atoms with van der Waals surface area (Å²) in [6, 6.07) is 0. The van der Waals surface area contributed by atoms with Crippen LogP contribution >= 0.6 is 11.3 Å². The molecule has 0 radical (unpaired) electrons. The predicted octanol–water partition coefficient (Wildman–Crippen LogP) is 3.64. The summed E-state index contributed by atoms with van der Waals surface area (Å²) in [6.45, 7) is 1.67. The summed E-state index contributed by atoms with van der Waals surface area (Å²) in [5.41, 5.74) is 1.38. The van der Waals surface area contributed by atoms with Gasteiger partial charge >= 0.3 is 11.9 Å². The van der Waals surface area contributed by atoms with Crippen LogP contribution < -0.4 is 5.32 Å². The molecule has 1 aromatic rings. The average Bonchev–Trinajstić information content (AvgIpc) is 3.17. The fraction of sp³-hybridized carbons (Fsp3) is 0.526. The second-order valence-electron chi connectivity index (χ2n) is 6.57. The molecule has 1 amide bonds. The Morgan fingerprint density at radius 3 is 2.69 bits per heavy atom. The summed E-state index contributed by atoms with van der Waals surface area (Å²) in [4.78, 5) is 36.2. The van der Waals surface area contributed by atoms with Crippen LogP contribution in [0.15, 0.2) is 17.5 Å². The monoisotopic (exact) mass is 377 g/mol. The summed E-state index contributed by atoms with van der Waals surface area (Å²) in [5, 5.41) is 5.05. The Bertz CT molecular complexity index is 720. The fourth-order valence-corrected chi connectivity index (χ4v) is 4.07. The van der Waals surface area contributed by atoms with Gasteiger partial charge in [0.2, 0.25) is 0 Å². The first kappa shape index (κ1) is 18.6. The number of carbonyl (C=O) groups is 3. The summed E-state index contributed by atoms with van der Waals surface area (Å²) >= 11 is 1.31. The number of rotatable bonds is 8. The molecule has 26 heavy (non-hydrogen) atoms. The standard InChI is InChI=1S/C19H23NO5S/c1-2-24-19(23)17-14(13-7-8-13)11-26-18(17)20-15(21)10-25-16(22)9-12-5-3-4-6-12/h3,5,11-13H,2,4,6-10H2,1H3,(H,20,21)/t12-/m0/s1. The van der Waals surface area contributed by atoms with E-state index in [1.165, 1.54) is 11.3 Å². The Morgan fingerprint density at radius 2 is 2.04 bits per heavy atom. The Kier molecular flexibility index (Phi) is 6.08. The van der Waals surface area contributed by atoms with E-state index in [0.29, 0.717) is 22.9 Å². The molecular weight excluding hydrogens is 354 g/mol. The van der Waals surface area contributed by atoms with Gasteiger partial charge in [0.15, 0.2) is 6.61 Å². The predicted molar refractivity (Wildman–Crippen MR) is 98.3 cm³/mol. The number of anilines is 1. The van der Waals surface area contributed by atoms with Crippen LogP contribution in [0.25, 0.3) is 0 Å². The molecule has 140 valence electrons. The number of ether oxygens (including phenoxy) is 2. The first-order valence-electron chi connectivity index (χ1n) is 8.99. The lowest BCUT2D eigenvalue weighted by atomic mass is 10.1. The van der Waals surface area contributed by atoms with Gasteiger partial charge in [-0.2, -0.15) is 0 Å². The van der Waals surface area contributed by atoms with Crippen molar-refractivity contribution >= 4 is 34.2 Å². The number of esters is 2. The fourth-order valence-electron chi connectivity index (χ4n) is 3.02. The number of nitrogens with one attached hydrogen (secondary N) is 1. The molecule has 0 spiro atoms. The van der Waals surface area contributed by atoms with E-state index < -0.39 is 11.9 Å². The van der Waals surface area contributed by atoms with Crippen molar-refractivity contribution in [3.8, 4) is 0 Å². The van der Waals surface area contributed by atoms with Crippen LogP contribution in [0, 0.1) is 5.92 Å². The van der Waals surface area contributed by atoms with E-state index >= 15 is 0 Å². The van der Waals surface area contributed by atoms with Gasteiger partial charge in [-0.05, 0) is 55.4 Å². The summed E-state index contributed by atoms with van der Waals surface area (Å²) in [6.07, 6.45) is 8.38. The van der Waals surface area contributed by atoms with Gasteiger partial charge < -0.3 is 14.8 Å². The number of hydrogen-bond donors (Lipinski definition) is 1. The van der Waals surface area contributed by atoms with Gasteiger partial charge in [0.05, 0.1) is 18.6 Å². The highest BCUT2D eigenvalue weighted by Gasteiger charge is 2.32. The highest BCUT2D eigenvalue weighted by Crippen LogP contribution is 2.46. The van der Waals surface area contributed by atoms with Gasteiger partial charge in [0.1, 0.15) is 5.00 Å². The van der Waals surface area contributed by atoms with Crippen molar-refractivity contribution in [1.82, 2.24) is 0 Å². The molecule has 1 aromatic heterocycles. The van der Waals surface area contributed by atoms with Crippen molar-refractivity contribution in [1.29, 1.82) is 0 Å². The molecular formula is C19H23NO5S. The van der Waals surface area contributed by atoms with Gasteiger partial charge in [0, 0.05) is 0 Å². The molecule has 2 aliphatic carbocycles. The van der Waals surface area contributed by atoms with Crippen molar-refractivity contribution in [3.63, 3.8) is 0 Å². The van der Waals surface area contributed by atoms with Gasteiger partial charge in [0.25, 0.3) is 5.91 Å². The third kappa shape index (κ3) is 4.72. The minimum absolute atomic E-state index is 0.208. The summed E-state index contributed by atoms with van der Waals surface area (Å²) in [5.74, 6) is -0.675. The Hall–Kier alpha value is -2.15. The van der Waals surface area contributed by atoms with E-state index in [4.69, 9.17) is 9.47 Å². The molecule has 7 heteroatoms. The SMILES string of the molecule is CCOC(=O)c1c(C2CC2)csc1NC(=O)COC(=O)C[C@H]1C=CCC1. The third-order valence-electron chi connectivity index (χ3n) is 4.47. The topological polar surface area (TPSA) is 81.7 Å². The molecule has 1 N–H and O–H groups in total. The number of thiophene rings is 1.